The van der Waals surface area contributed by atoms with Crippen LogP contribution >= 0.6 is 11.6 Å². The number of nitrogens with zero attached hydrogens (tertiary/aromatic N) is 3. The summed E-state index contributed by atoms with van der Waals surface area (Å²) in [5.74, 6) is -0.266. The van der Waals surface area contributed by atoms with Gasteiger partial charge in [0.1, 0.15) is 0 Å². The van der Waals surface area contributed by atoms with Crippen molar-refractivity contribution in [1.82, 2.24) is 15.5 Å². The molecule has 0 radical (unpaired) electrons. The normalized spacial score (nSPS) is 16.2. The smallest absolute Gasteiger partial charge is 0.273 e. The number of carbonyl (C=O) groups is 1. The molecule has 19 heavy (non-hydrogen) atoms. The van der Waals surface area contributed by atoms with Gasteiger partial charge in [-0.1, -0.05) is 11.6 Å². The Bertz CT molecular complexity index is 463. The summed E-state index contributed by atoms with van der Waals surface area (Å²) in [5.41, 5.74) is 0.993. The first-order valence-electron chi connectivity index (χ1n) is 6.19. The molecule has 1 aliphatic heterocycles. The van der Waals surface area contributed by atoms with Gasteiger partial charge in [-0.05, 0) is 12.8 Å². The number of halogens is 1. The van der Waals surface area contributed by atoms with Crippen molar-refractivity contribution in [3.05, 3.63) is 16.9 Å². The first-order valence-corrected chi connectivity index (χ1v) is 6.57. The van der Waals surface area contributed by atoms with Gasteiger partial charge in [-0.25, -0.2) is 0 Å². The van der Waals surface area contributed by atoms with Gasteiger partial charge in [0, 0.05) is 39.4 Å². The van der Waals surface area contributed by atoms with E-state index in [-0.39, 0.29) is 11.1 Å². The maximum absolute atomic E-state index is 11.8. The van der Waals surface area contributed by atoms with Crippen molar-refractivity contribution in [2.45, 2.75) is 18.9 Å². The zero-order valence-electron chi connectivity index (χ0n) is 11.0. The van der Waals surface area contributed by atoms with Crippen LogP contribution in [-0.4, -0.2) is 49.5 Å². The Morgan fingerprint density at radius 3 is 2.79 bits per heavy atom. The summed E-state index contributed by atoms with van der Waals surface area (Å²) >= 11 is 5.89. The molecule has 2 rings (SSSR count). The summed E-state index contributed by atoms with van der Waals surface area (Å²) in [5, 5.41) is 10.5. The van der Waals surface area contributed by atoms with Crippen molar-refractivity contribution in [3.63, 3.8) is 0 Å². The van der Waals surface area contributed by atoms with E-state index in [4.69, 9.17) is 16.3 Å². The van der Waals surface area contributed by atoms with E-state index in [2.05, 4.69) is 15.5 Å². The molecule has 0 bridgehead atoms. The minimum atomic E-state index is -0.266. The molecule has 1 saturated heterocycles. The lowest BCUT2D eigenvalue weighted by molar-refractivity contribution is 0.0853. The van der Waals surface area contributed by atoms with Crippen LogP contribution in [-0.2, 0) is 4.74 Å². The fourth-order valence-electron chi connectivity index (χ4n) is 2.18. The molecule has 1 aliphatic rings. The van der Waals surface area contributed by atoms with E-state index < -0.39 is 0 Å². The quantitative estimate of drug-likeness (QED) is 0.900. The molecule has 1 N–H and O–H groups in total. The summed E-state index contributed by atoms with van der Waals surface area (Å²) in [6.45, 7) is 1.47. The highest BCUT2D eigenvalue weighted by atomic mass is 35.5. The first-order chi connectivity index (χ1) is 9.13. The Morgan fingerprint density at radius 1 is 1.47 bits per heavy atom. The molecule has 1 amide bonds. The summed E-state index contributed by atoms with van der Waals surface area (Å²) in [7, 11) is 3.51. The molecular formula is C12H17ClN4O2. The van der Waals surface area contributed by atoms with Gasteiger partial charge in [-0.3, -0.25) is 4.79 Å². The summed E-state index contributed by atoms with van der Waals surface area (Å²) in [4.78, 5) is 13.9. The molecule has 0 aliphatic carbocycles. The zero-order chi connectivity index (χ0) is 13.8. The second kappa shape index (κ2) is 6.16. The number of aromatic nitrogens is 2. The first kappa shape index (κ1) is 14.0. The Labute approximate surface area is 117 Å². The van der Waals surface area contributed by atoms with E-state index in [1.165, 1.54) is 0 Å². The van der Waals surface area contributed by atoms with Crippen molar-refractivity contribution in [2.24, 2.45) is 0 Å². The Morgan fingerprint density at radius 2 is 2.16 bits per heavy atom. The minimum absolute atomic E-state index is 0.266. The molecule has 1 aromatic rings. The molecular weight excluding hydrogens is 268 g/mol. The maximum atomic E-state index is 11.8. The average Bonchev–Trinajstić information content (AvgIpc) is 2.46. The highest BCUT2D eigenvalue weighted by Gasteiger charge is 2.24. The number of carbonyl (C=O) groups excluding carboxylic acids is 1. The molecule has 0 atom stereocenters. The van der Waals surface area contributed by atoms with Crippen LogP contribution < -0.4 is 10.2 Å². The number of rotatable bonds is 3. The van der Waals surface area contributed by atoms with Crippen LogP contribution in [0.4, 0.5) is 5.69 Å². The van der Waals surface area contributed by atoms with Gasteiger partial charge in [0.2, 0.25) is 0 Å². The van der Waals surface area contributed by atoms with E-state index >= 15 is 0 Å². The number of hydrogen-bond acceptors (Lipinski definition) is 5. The number of hydrogen-bond donors (Lipinski definition) is 1. The largest absolute Gasteiger partial charge is 0.381 e. The lowest BCUT2D eigenvalue weighted by Crippen LogP contribution is -2.38. The van der Waals surface area contributed by atoms with Crippen LogP contribution in [0.15, 0.2) is 6.07 Å². The summed E-state index contributed by atoms with van der Waals surface area (Å²) in [6.07, 6.45) is 1.84. The third-order valence-electron chi connectivity index (χ3n) is 3.30. The highest BCUT2D eigenvalue weighted by molar-refractivity contribution is 6.29. The molecule has 6 nitrogen and oxygen atoms in total. The second-order valence-corrected chi connectivity index (χ2v) is 4.82. The van der Waals surface area contributed by atoms with Crippen molar-refractivity contribution >= 4 is 23.2 Å². The lowest BCUT2D eigenvalue weighted by Gasteiger charge is -2.33. The molecule has 1 fully saturated rings. The summed E-state index contributed by atoms with van der Waals surface area (Å²) in [6, 6.07) is 1.99. The van der Waals surface area contributed by atoms with Gasteiger partial charge < -0.3 is 15.0 Å². The van der Waals surface area contributed by atoms with Crippen molar-refractivity contribution in [2.75, 3.05) is 32.2 Å². The monoisotopic (exact) mass is 284 g/mol. The number of anilines is 1. The number of nitrogens with one attached hydrogen (secondary N) is 1. The fourth-order valence-corrected chi connectivity index (χ4v) is 2.32. The predicted molar refractivity (Wildman–Crippen MR) is 72.7 cm³/mol. The van der Waals surface area contributed by atoms with Crippen LogP contribution in [0.3, 0.4) is 0 Å². The molecule has 7 heteroatoms. The average molecular weight is 285 g/mol. The second-order valence-electron chi connectivity index (χ2n) is 4.43. The topological polar surface area (TPSA) is 67.4 Å². The Hall–Kier alpha value is -1.40. The molecule has 0 spiro atoms. The number of amides is 1. The van der Waals surface area contributed by atoms with E-state index in [1.54, 1.807) is 13.1 Å². The van der Waals surface area contributed by atoms with E-state index in [0.717, 1.165) is 26.1 Å². The summed E-state index contributed by atoms with van der Waals surface area (Å²) < 4.78 is 5.35. The van der Waals surface area contributed by atoms with Gasteiger partial charge in [-0.2, -0.15) is 0 Å². The van der Waals surface area contributed by atoms with Gasteiger partial charge in [0.15, 0.2) is 10.8 Å². The predicted octanol–water partition coefficient (Wildman–Crippen LogP) is 1.10. The number of ether oxygens (including phenoxy) is 1. The third kappa shape index (κ3) is 3.13. The van der Waals surface area contributed by atoms with Crippen LogP contribution in [0.25, 0.3) is 0 Å². The van der Waals surface area contributed by atoms with Crippen LogP contribution in [0.1, 0.15) is 23.3 Å². The molecule has 0 unspecified atom stereocenters. The van der Waals surface area contributed by atoms with E-state index in [9.17, 15) is 4.79 Å². The van der Waals surface area contributed by atoms with Crippen LogP contribution in [0, 0.1) is 0 Å². The standard InChI is InChI=1S/C12H17ClN4O2/c1-14-12(18)11-9(7-10(13)15-16-11)17(2)8-3-5-19-6-4-8/h7-8H,3-6H2,1-2H3,(H,14,18). The molecule has 0 aromatic carbocycles. The fraction of sp³-hybridized carbons (Fsp3) is 0.583. The highest BCUT2D eigenvalue weighted by Crippen LogP contribution is 2.25. The minimum Gasteiger partial charge on any atom is -0.381 e. The van der Waals surface area contributed by atoms with Crippen molar-refractivity contribution in [3.8, 4) is 0 Å². The molecule has 2 heterocycles. The van der Waals surface area contributed by atoms with Gasteiger partial charge in [-0.15, -0.1) is 10.2 Å². The Balaban J connectivity index is 2.30. The molecule has 1 aromatic heterocycles. The lowest BCUT2D eigenvalue weighted by atomic mass is 10.1. The van der Waals surface area contributed by atoms with Gasteiger partial charge in [0.25, 0.3) is 5.91 Å². The van der Waals surface area contributed by atoms with Gasteiger partial charge >= 0.3 is 0 Å². The molecule has 104 valence electrons. The zero-order valence-corrected chi connectivity index (χ0v) is 11.8. The van der Waals surface area contributed by atoms with Crippen molar-refractivity contribution < 1.29 is 9.53 Å². The van der Waals surface area contributed by atoms with E-state index in [1.807, 2.05) is 11.9 Å². The maximum Gasteiger partial charge on any atom is 0.273 e. The SMILES string of the molecule is CNC(=O)c1nnc(Cl)cc1N(C)C1CCOCC1. The van der Waals surface area contributed by atoms with Crippen molar-refractivity contribution in [1.29, 1.82) is 0 Å². The Kier molecular flexibility index (Phi) is 4.55. The van der Waals surface area contributed by atoms with Gasteiger partial charge in [0.05, 0.1) is 5.69 Å². The van der Waals surface area contributed by atoms with Crippen LogP contribution in [0.5, 0.6) is 0 Å². The molecule has 0 saturated carbocycles. The van der Waals surface area contributed by atoms with E-state index in [0.29, 0.717) is 17.4 Å². The third-order valence-corrected chi connectivity index (χ3v) is 3.49. The van der Waals surface area contributed by atoms with Crippen LogP contribution in [0.2, 0.25) is 5.15 Å².